The van der Waals surface area contributed by atoms with Crippen molar-refractivity contribution in [1.82, 2.24) is 18.8 Å². The molecule has 1 saturated heterocycles. The molecule has 1 amide bonds. The van der Waals surface area contributed by atoms with Crippen LogP contribution in [-0.2, 0) is 10.0 Å². The molecule has 1 fully saturated rings. The van der Waals surface area contributed by atoms with Crippen LogP contribution in [0.25, 0.3) is 5.69 Å². The minimum atomic E-state index is -3.26. The van der Waals surface area contributed by atoms with Gasteiger partial charge in [-0.15, -0.1) is 0 Å². The van der Waals surface area contributed by atoms with E-state index in [1.54, 1.807) is 17.4 Å². The first-order valence-electron chi connectivity index (χ1n) is 8.46. The number of aromatic nitrogens is 2. The number of carbonyl (C=O) groups is 1. The van der Waals surface area contributed by atoms with Crippen LogP contribution >= 0.6 is 0 Å². The minimum absolute atomic E-state index is 0.0715. The maximum atomic E-state index is 13.1. The lowest BCUT2D eigenvalue weighted by atomic mass is 9.97. The fraction of sp³-hybridized carbons (Fsp3) is 0.444. The van der Waals surface area contributed by atoms with E-state index < -0.39 is 15.6 Å². The number of aryl methyl sites for hydroxylation is 1. The quantitative estimate of drug-likeness (QED) is 0.817. The first-order chi connectivity index (χ1) is 12.1. The highest BCUT2D eigenvalue weighted by atomic mass is 32.2. The summed E-state index contributed by atoms with van der Waals surface area (Å²) in [5.41, 5.74) is 1.88. The number of imidazole rings is 1. The molecular formula is C18H24N4O3S. The van der Waals surface area contributed by atoms with E-state index in [2.05, 4.69) is 4.98 Å². The first kappa shape index (κ1) is 18.6. The zero-order valence-corrected chi connectivity index (χ0v) is 16.3. The standard InChI is InChI=1S/C18H24N4O3S/c1-14-11-15(20-8-7-19-13-20)5-6-16(14)17(23)22-10-9-21(26(4,24)25)12-18(22,2)3/h5-8,11,13H,9-10,12H2,1-4H3. The summed E-state index contributed by atoms with van der Waals surface area (Å²) >= 11 is 0. The lowest BCUT2D eigenvalue weighted by molar-refractivity contribution is 0.0353. The van der Waals surface area contributed by atoms with Gasteiger partial charge < -0.3 is 9.47 Å². The van der Waals surface area contributed by atoms with Gasteiger partial charge in [-0.1, -0.05) is 0 Å². The van der Waals surface area contributed by atoms with Crippen LogP contribution in [0, 0.1) is 6.92 Å². The van der Waals surface area contributed by atoms with Gasteiger partial charge in [-0.3, -0.25) is 4.79 Å². The van der Waals surface area contributed by atoms with Gasteiger partial charge >= 0.3 is 0 Å². The third-order valence-electron chi connectivity index (χ3n) is 4.82. The predicted molar refractivity (Wildman–Crippen MR) is 99.8 cm³/mol. The topological polar surface area (TPSA) is 75.5 Å². The summed E-state index contributed by atoms with van der Waals surface area (Å²) in [4.78, 5) is 18.9. The molecular weight excluding hydrogens is 352 g/mol. The van der Waals surface area contributed by atoms with E-state index in [1.807, 2.05) is 49.7 Å². The van der Waals surface area contributed by atoms with Gasteiger partial charge in [0.1, 0.15) is 0 Å². The van der Waals surface area contributed by atoms with Crippen molar-refractivity contribution in [3.05, 3.63) is 48.0 Å². The summed E-state index contributed by atoms with van der Waals surface area (Å²) in [6.45, 7) is 6.70. The highest BCUT2D eigenvalue weighted by molar-refractivity contribution is 7.88. The summed E-state index contributed by atoms with van der Waals surface area (Å²) < 4.78 is 27.0. The molecule has 0 spiro atoms. The normalized spacial score (nSPS) is 18.1. The number of sulfonamides is 1. The second kappa shape index (κ2) is 6.51. The highest BCUT2D eigenvalue weighted by Crippen LogP contribution is 2.26. The van der Waals surface area contributed by atoms with Crippen LogP contribution in [0.4, 0.5) is 0 Å². The number of hydrogen-bond acceptors (Lipinski definition) is 4. The second-order valence-corrected chi connectivity index (χ2v) is 9.32. The van der Waals surface area contributed by atoms with Gasteiger partial charge in [0.2, 0.25) is 10.0 Å². The minimum Gasteiger partial charge on any atom is -0.331 e. The number of piperazine rings is 1. The number of amides is 1. The van der Waals surface area contributed by atoms with Crippen LogP contribution < -0.4 is 0 Å². The summed E-state index contributed by atoms with van der Waals surface area (Å²) in [6.07, 6.45) is 6.48. The van der Waals surface area contributed by atoms with Crippen molar-refractivity contribution < 1.29 is 13.2 Å². The van der Waals surface area contributed by atoms with Crippen LogP contribution in [0.5, 0.6) is 0 Å². The van der Waals surface area contributed by atoms with Gasteiger partial charge in [0, 0.05) is 43.3 Å². The van der Waals surface area contributed by atoms with Gasteiger partial charge in [0.25, 0.3) is 5.91 Å². The molecule has 1 aromatic heterocycles. The third-order valence-corrected chi connectivity index (χ3v) is 6.07. The summed E-state index contributed by atoms with van der Waals surface area (Å²) in [7, 11) is -3.26. The molecule has 0 saturated carbocycles. The van der Waals surface area contributed by atoms with E-state index in [-0.39, 0.29) is 5.91 Å². The van der Waals surface area contributed by atoms with E-state index in [9.17, 15) is 13.2 Å². The molecule has 8 heteroatoms. The number of carbonyl (C=O) groups excluding carboxylic acids is 1. The SMILES string of the molecule is Cc1cc(-n2ccnc2)ccc1C(=O)N1CCN(S(C)(=O)=O)CC1(C)C. The monoisotopic (exact) mass is 376 g/mol. The Morgan fingerprint density at radius 1 is 1.23 bits per heavy atom. The molecule has 140 valence electrons. The summed E-state index contributed by atoms with van der Waals surface area (Å²) in [6, 6.07) is 5.67. The summed E-state index contributed by atoms with van der Waals surface area (Å²) in [5, 5.41) is 0. The fourth-order valence-corrected chi connectivity index (χ4v) is 4.34. The molecule has 3 rings (SSSR count). The Bertz CT molecular complexity index is 920. The Labute approximate surface area is 154 Å². The molecule has 26 heavy (non-hydrogen) atoms. The third kappa shape index (κ3) is 3.52. The molecule has 0 aliphatic carbocycles. The predicted octanol–water partition coefficient (Wildman–Crippen LogP) is 1.68. The molecule has 0 unspecified atom stereocenters. The van der Waals surface area contributed by atoms with Crippen molar-refractivity contribution in [3.63, 3.8) is 0 Å². The van der Waals surface area contributed by atoms with Crippen LogP contribution in [0.2, 0.25) is 0 Å². The Hall–Kier alpha value is -2.19. The van der Waals surface area contributed by atoms with Crippen LogP contribution in [0.3, 0.4) is 0 Å². The first-order valence-corrected chi connectivity index (χ1v) is 10.3. The Morgan fingerprint density at radius 3 is 2.50 bits per heavy atom. The maximum Gasteiger partial charge on any atom is 0.254 e. The van der Waals surface area contributed by atoms with Gasteiger partial charge in [0.05, 0.1) is 18.1 Å². The molecule has 1 aromatic carbocycles. The largest absolute Gasteiger partial charge is 0.331 e. The Kier molecular flexibility index (Phi) is 4.66. The van der Waals surface area contributed by atoms with Crippen molar-refractivity contribution in [2.75, 3.05) is 25.9 Å². The van der Waals surface area contributed by atoms with Gasteiger partial charge in [0.15, 0.2) is 0 Å². The average molecular weight is 376 g/mol. The molecule has 2 heterocycles. The lowest BCUT2D eigenvalue weighted by Gasteiger charge is -2.46. The summed E-state index contributed by atoms with van der Waals surface area (Å²) in [5.74, 6) is -0.0715. The van der Waals surface area contributed by atoms with E-state index >= 15 is 0 Å². The molecule has 0 N–H and O–H groups in total. The molecule has 0 radical (unpaired) electrons. The van der Waals surface area contributed by atoms with E-state index in [1.165, 1.54) is 10.6 Å². The van der Waals surface area contributed by atoms with E-state index in [4.69, 9.17) is 0 Å². The molecule has 0 bridgehead atoms. The van der Waals surface area contributed by atoms with Crippen molar-refractivity contribution >= 4 is 15.9 Å². The van der Waals surface area contributed by atoms with Gasteiger partial charge in [-0.2, -0.15) is 4.31 Å². The zero-order valence-electron chi connectivity index (χ0n) is 15.5. The average Bonchev–Trinajstić information content (AvgIpc) is 3.06. The molecule has 0 atom stereocenters. The van der Waals surface area contributed by atoms with Crippen molar-refractivity contribution in [1.29, 1.82) is 0 Å². The Morgan fingerprint density at radius 2 is 1.96 bits per heavy atom. The molecule has 2 aromatic rings. The highest BCUT2D eigenvalue weighted by Gasteiger charge is 2.40. The fourth-order valence-electron chi connectivity index (χ4n) is 3.38. The van der Waals surface area contributed by atoms with E-state index in [0.717, 1.165) is 11.3 Å². The smallest absolute Gasteiger partial charge is 0.254 e. The van der Waals surface area contributed by atoms with Crippen molar-refractivity contribution in [3.8, 4) is 5.69 Å². The van der Waals surface area contributed by atoms with E-state index in [0.29, 0.717) is 25.2 Å². The lowest BCUT2D eigenvalue weighted by Crippen LogP contribution is -2.61. The zero-order chi connectivity index (χ0) is 19.1. The van der Waals surface area contributed by atoms with Crippen molar-refractivity contribution in [2.45, 2.75) is 26.3 Å². The van der Waals surface area contributed by atoms with Gasteiger partial charge in [-0.05, 0) is 44.5 Å². The maximum absolute atomic E-state index is 13.1. The van der Waals surface area contributed by atoms with Crippen LogP contribution in [0.15, 0.2) is 36.9 Å². The number of nitrogens with zero attached hydrogens (tertiary/aromatic N) is 4. The second-order valence-electron chi connectivity index (χ2n) is 7.33. The van der Waals surface area contributed by atoms with Crippen molar-refractivity contribution in [2.24, 2.45) is 0 Å². The van der Waals surface area contributed by atoms with Crippen LogP contribution in [0.1, 0.15) is 29.8 Å². The van der Waals surface area contributed by atoms with Gasteiger partial charge in [-0.25, -0.2) is 13.4 Å². The Balaban J connectivity index is 1.85. The molecule has 1 aliphatic rings. The molecule has 7 nitrogen and oxygen atoms in total. The molecule has 1 aliphatic heterocycles. The van der Waals surface area contributed by atoms with Crippen LogP contribution in [-0.4, -0.2) is 64.5 Å². The number of hydrogen-bond donors (Lipinski definition) is 0. The number of rotatable bonds is 3. The number of benzene rings is 1.